The second-order valence-corrected chi connectivity index (χ2v) is 5.10. The Morgan fingerprint density at radius 2 is 1.65 bits per heavy atom. The summed E-state index contributed by atoms with van der Waals surface area (Å²) in [6.45, 7) is 13.4. The van der Waals surface area contributed by atoms with Crippen LogP contribution in [0, 0.1) is 0 Å². The van der Waals surface area contributed by atoms with Gasteiger partial charge in [-0.15, -0.1) is 0 Å². The van der Waals surface area contributed by atoms with Gasteiger partial charge in [0.1, 0.15) is 6.61 Å². The average molecular weight is 324 g/mol. The molecule has 0 spiro atoms. The maximum atomic E-state index is 11.0. The number of carbonyl (C=O) groups excluding carboxylic acids is 2. The summed E-state index contributed by atoms with van der Waals surface area (Å²) in [5, 5.41) is 0. The van der Waals surface area contributed by atoms with Crippen molar-refractivity contribution in [3.63, 3.8) is 0 Å². The van der Waals surface area contributed by atoms with Crippen LogP contribution >= 0.6 is 0 Å². The van der Waals surface area contributed by atoms with Gasteiger partial charge >= 0.3 is 11.9 Å². The molecule has 0 amide bonds. The van der Waals surface area contributed by atoms with Crippen molar-refractivity contribution in [2.75, 3.05) is 13.2 Å². The van der Waals surface area contributed by atoms with Gasteiger partial charge in [0.2, 0.25) is 0 Å². The van der Waals surface area contributed by atoms with Crippen molar-refractivity contribution in [1.29, 1.82) is 0 Å². The smallest absolute Gasteiger partial charge is 0.333 e. The average Bonchev–Trinajstić information content (AvgIpc) is 2.52. The highest BCUT2D eigenvalue weighted by Gasteiger charge is 2.01. The number of esters is 2. The van der Waals surface area contributed by atoms with Crippen LogP contribution in [0.1, 0.15) is 59.3 Å². The zero-order chi connectivity index (χ0) is 17.9. The molecular weight excluding hydrogens is 292 g/mol. The topological polar surface area (TPSA) is 52.6 Å². The van der Waals surface area contributed by atoms with E-state index in [0.717, 1.165) is 12.8 Å². The molecule has 0 fully saturated rings. The molecule has 132 valence electrons. The quantitative estimate of drug-likeness (QED) is 0.238. The fourth-order valence-corrected chi connectivity index (χ4v) is 1.50. The van der Waals surface area contributed by atoms with Crippen LogP contribution in [0.15, 0.2) is 37.0 Å². The molecule has 0 aromatic carbocycles. The first-order chi connectivity index (χ1) is 11.0. The van der Waals surface area contributed by atoms with E-state index in [1.807, 2.05) is 0 Å². The molecule has 4 nitrogen and oxygen atoms in total. The first-order valence-corrected chi connectivity index (χ1v) is 8.22. The summed E-state index contributed by atoms with van der Waals surface area (Å²) in [7, 11) is 0. The summed E-state index contributed by atoms with van der Waals surface area (Å²) in [6, 6.07) is 0. The maximum absolute atomic E-state index is 11.0. The molecule has 0 aromatic rings. The van der Waals surface area contributed by atoms with E-state index >= 15 is 0 Å². The Labute approximate surface area is 141 Å². The Morgan fingerprint density at radius 3 is 2.17 bits per heavy atom. The van der Waals surface area contributed by atoms with Crippen molar-refractivity contribution in [3.05, 3.63) is 37.0 Å². The van der Waals surface area contributed by atoms with E-state index in [1.165, 1.54) is 37.8 Å². The number of hydrogen-bond acceptors (Lipinski definition) is 4. The summed E-state index contributed by atoms with van der Waals surface area (Å²) >= 11 is 0. The molecule has 0 radical (unpaired) electrons. The molecule has 0 atom stereocenters. The highest BCUT2D eigenvalue weighted by molar-refractivity contribution is 5.86. The molecule has 23 heavy (non-hydrogen) atoms. The Morgan fingerprint density at radius 1 is 1.04 bits per heavy atom. The normalized spacial score (nSPS) is 9.70. The number of ether oxygens (including phenoxy) is 2. The molecule has 0 N–H and O–H groups in total. The van der Waals surface area contributed by atoms with Crippen LogP contribution in [-0.4, -0.2) is 25.2 Å². The van der Waals surface area contributed by atoms with Gasteiger partial charge in [-0.25, -0.2) is 9.59 Å². The predicted molar refractivity (Wildman–Crippen MR) is 95.1 cm³/mol. The lowest BCUT2D eigenvalue weighted by atomic mass is 10.1. The molecule has 0 unspecified atom stereocenters. The molecule has 0 rings (SSSR count). The van der Waals surface area contributed by atoms with Crippen molar-refractivity contribution in [1.82, 2.24) is 0 Å². The van der Waals surface area contributed by atoms with E-state index in [0.29, 0.717) is 12.2 Å². The Hall–Kier alpha value is -1.84. The zero-order valence-corrected chi connectivity index (χ0v) is 14.9. The largest absolute Gasteiger partial charge is 0.462 e. The van der Waals surface area contributed by atoms with E-state index in [2.05, 4.69) is 24.8 Å². The lowest BCUT2D eigenvalue weighted by molar-refractivity contribution is -0.139. The minimum Gasteiger partial charge on any atom is -0.462 e. The number of rotatable bonds is 11. The van der Waals surface area contributed by atoms with E-state index in [9.17, 15) is 9.59 Å². The van der Waals surface area contributed by atoms with Crippen molar-refractivity contribution in [3.8, 4) is 0 Å². The number of allylic oxidation sites excluding steroid dienone is 1. The summed E-state index contributed by atoms with van der Waals surface area (Å²) < 4.78 is 9.56. The van der Waals surface area contributed by atoms with Crippen molar-refractivity contribution in [2.45, 2.75) is 59.3 Å². The lowest BCUT2D eigenvalue weighted by Crippen LogP contribution is -2.05. The van der Waals surface area contributed by atoms with Gasteiger partial charge in [-0.05, 0) is 20.3 Å². The Balaban J connectivity index is 0. The minimum atomic E-state index is -0.322. The molecule has 0 saturated heterocycles. The van der Waals surface area contributed by atoms with E-state index < -0.39 is 0 Å². The number of hydrogen-bond donors (Lipinski definition) is 0. The van der Waals surface area contributed by atoms with E-state index in [4.69, 9.17) is 4.74 Å². The third-order valence-corrected chi connectivity index (χ3v) is 2.73. The van der Waals surface area contributed by atoms with Crippen LogP contribution in [0.2, 0.25) is 0 Å². The van der Waals surface area contributed by atoms with Gasteiger partial charge in [0, 0.05) is 11.6 Å². The standard InChI is InChI=1S/C12H22O2.C7H10O2/c1-4-5-6-7-8-9-10-14-12(13)11(2)3;1-3-5-7(8)9-6-4-2/h2,4-10H2,1,3H3;3-5H,2,6H2,1H3/b;5-3+. The van der Waals surface area contributed by atoms with Crippen LogP contribution in [0.5, 0.6) is 0 Å². The van der Waals surface area contributed by atoms with Crippen molar-refractivity contribution >= 4 is 11.9 Å². The van der Waals surface area contributed by atoms with E-state index in [1.54, 1.807) is 19.9 Å². The molecule has 0 aromatic heterocycles. The van der Waals surface area contributed by atoms with Gasteiger partial charge in [-0.2, -0.15) is 0 Å². The monoisotopic (exact) mass is 324 g/mol. The molecular formula is C19H32O4. The van der Waals surface area contributed by atoms with Crippen LogP contribution in [0.25, 0.3) is 0 Å². The van der Waals surface area contributed by atoms with Gasteiger partial charge in [0.25, 0.3) is 0 Å². The van der Waals surface area contributed by atoms with Gasteiger partial charge in [0.15, 0.2) is 0 Å². The third-order valence-electron chi connectivity index (χ3n) is 2.73. The van der Waals surface area contributed by atoms with E-state index in [-0.39, 0.29) is 18.5 Å². The van der Waals surface area contributed by atoms with Gasteiger partial charge in [0.05, 0.1) is 6.61 Å². The number of carbonyl (C=O) groups is 2. The summed E-state index contributed by atoms with van der Waals surface area (Å²) in [5.74, 6) is -0.587. The van der Waals surface area contributed by atoms with Crippen LogP contribution < -0.4 is 0 Å². The fraction of sp³-hybridized carbons (Fsp3) is 0.579. The molecule has 0 aliphatic rings. The Bertz CT molecular complexity index is 370. The lowest BCUT2D eigenvalue weighted by Gasteiger charge is -2.03. The second kappa shape index (κ2) is 18.2. The summed E-state index contributed by atoms with van der Waals surface area (Å²) in [5.41, 5.74) is 0.482. The number of unbranched alkanes of at least 4 members (excludes halogenated alkanes) is 5. The minimum absolute atomic E-state index is 0.265. The first-order valence-electron chi connectivity index (χ1n) is 8.22. The summed E-state index contributed by atoms with van der Waals surface area (Å²) in [6.07, 6.45) is 11.8. The van der Waals surface area contributed by atoms with Crippen molar-refractivity contribution < 1.29 is 19.1 Å². The zero-order valence-electron chi connectivity index (χ0n) is 14.9. The predicted octanol–water partition coefficient (Wildman–Crippen LogP) is 4.76. The SMILES string of the molecule is C=C(C)C(=O)OCCCCCCCC.C=CCOC(=O)/C=C/C. The van der Waals surface area contributed by atoms with Gasteiger partial charge in [-0.1, -0.05) is 64.3 Å². The van der Waals surface area contributed by atoms with Crippen LogP contribution in [0.4, 0.5) is 0 Å². The molecule has 0 heterocycles. The highest BCUT2D eigenvalue weighted by atomic mass is 16.5. The van der Waals surface area contributed by atoms with Crippen molar-refractivity contribution in [2.24, 2.45) is 0 Å². The molecule has 0 saturated carbocycles. The van der Waals surface area contributed by atoms with Crippen LogP contribution in [0.3, 0.4) is 0 Å². The molecule has 0 bridgehead atoms. The van der Waals surface area contributed by atoms with Crippen LogP contribution in [-0.2, 0) is 19.1 Å². The molecule has 0 aliphatic heterocycles. The van der Waals surface area contributed by atoms with Gasteiger partial charge in [-0.3, -0.25) is 0 Å². The van der Waals surface area contributed by atoms with Gasteiger partial charge < -0.3 is 9.47 Å². The fourth-order valence-electron chi connectivity index (χ4n) is 1.50. The summed E-state index contributed by atoms with van der Waals surface area (Å²) in [4.78, 5) is 21.4. The molecule has 4 heteroatoms. The first kappa shape index (κ1) is 23.4. The second-order valence-electron chi connectivity index (χ2n) is 5.10. The maximum Gasteiger partial charge on any atom is 0.333 e. The Kier molecular flexibility index (Phi) is 18.5. The highest BCUT2D eigenvalue weighted by Crippen LogP contribution is 2.05. The molecule has 0 aliphatic carbocycles. The third kappa shape index (κ3) is 20.2.